The van der Waals surface area contributed by atoms with Gasteiger partial charge >= 0.3 is 5.63 Å². The standard InChI is InChI=1S/C22H31N3O6S/c1-4-17-9-19-18(10-22(27)31-21(19)11-20(17)26)14-23-5-7-24(8-6-23)32(28,29)25-12-15(2)30-16(3)13-25/h9-11,15-16,26H,4-8,12-14H2,1-3H3. The first kappa shape index (κ1) is 23.2. The molecule has 1 aromatic carbocycles. The van der Waals surface area contributed by atoms with E-state index in [1.165, 1.54) is 16.4 Å². The SMILES string of the molecule is CCc1cc2c(CN3CCN(S(=O)(=O)N4CC(C)OC(C)C4)CC3)cc(=O)oc2cc1O. The number of ether oxygens (including phenoxy) is 1. The average molecular weight is 466 g/mol. The number of benzene rings is 1. The zero-order valence-electron chi connectivity index (χ0n) is 18.8. The summed E-state index contributed by atoms with van der Waals surface area (Å²) < 4.78 is 40.3. The molecule has 10 heteroatoms. The van der Waals surface area contributed by atoms with Crippen LogP contribution in [0.2, 0.25) is 0 Å². The first-order chi connectivity index (χ1) is 15.2. The summed E-state index contributed by atoms with van der Waals surface area (Å²) >= 11 is 0. The molecule has 2 saturated heterocycles. The van der Waals surface area contributed by atoms with Crippen molar-refractivity contribution in [3.63, 3.8) is 0 Å². The number of aryl methyl sites for hydroxylation is 1. The van der Waals surface area contributed by atoms with Gasteiger partial charge in [0.15, 0.2) is 0 Å². The summed E-state index contributed by atoms with van der Waals surface area (Å²) in [6.07, 6.45) is 0.413. The summed E-state index contributed by atoms with van der Waals surface area (Å²) in [6, 6.07) is 4.84. The number of fused-ring (bicyclic) bond motifs is 1. The quantitative estimate of drug-likeness (QED) is 0.668. The minimum Gasteiger partial charge on any atom is -0.508 e. The zero-order valence-corrected chi connectivity index (χ0v) is 19.6. The fourth-order valence-electron chi connectivity index (χ4n) is 4.56. The minimum absolute atomic E-state index is 0.117. The van der Waals surface area contributed by atoms with E-state index in [9.17, 15) is 18.3 Å². The molecule has 9 nitrogen and oxygen atoms in total. The van der Waals surface area contributed by atoms with Gasteiger partial charge in [-0.2, -0.15) is 17.0 Å². The van der Waals surface area contributed by atoms with E-state index >= 15 is 0 Å². The second-order valence-electron chi connectivity index (χ2n) is 8.68. The summed E-state index contributed by atoms with van der Waals surface area (Å²) in [6.45, 7) is 8.89. The highest BCUT2D eigenvalue weighted by molar-refractivity contribution is 7.86. The van der Waals surface area contributed by atoms with E-state index < -0.39 is 15.8 Å². The molecule has 1 aromatic heterocycles. The smallest absolute Gasteiger partial charge is 0.336 e. The van der Waals surface area contributed by atoms with Crippen LogP contribution in [0.3, 0.4) is 0 Å². The van der Waals surface area contributed by atoms with Crippen LogP contribution in [0.15, 0.2) is 27.4 Å². The molecule has 2 aliphatic heterocycles. The molecule has 2 aromatic rings. The van der Waals surface area contributed by atoms with Crippen molar-refractivity contribution >= 4 is 21.2 Å². The van der Waals surface area contributed by atoms with Gasteiger partial charge in [-0.05, 0) is 37.5 Å². The van der Waals surface area contributed by atoms with E-state index in [2.05, 4.69) is 4.90 Å². The Labute approximate surface area is 188 Å². The predicted octanol–water partition coefficient (Wildman–Crippen LogP) is 1.53. The fraction of sp³-hybridized carbons (Fsp3) is 0.591. The Bertz CT molecular complexity index is 1130. The van der Waals surface area contributed by atoms with Crippen LogP contribution < -0.4 is 5.63 Å². The summed E-state index contributed by atoms with van der Waals surface area (Å²) in [5.74, 6) is 0.117. The predicted molar refractivity (Wildman–Crippen MR) is 121 cm³/mol. The molecule has 0 amide bonds. The Morgan fingerprint density at radius 3 is 2.28 bits per heavy atom. The molecule has 2 fully saturated rings. The largest absolute Gasteiger partial charge is 0.508 e. The van der Waals surface area contributed by atoms with E-state index in [4.69, 9.17) is 9.15 Å². The molecule has 2 unspecified atom stereocenters. The van der Waals surface area contributed by atoms with Crippen LogP contribution in [0.1, 0.15) is 31.9 Å². The topological polar surface area (TPSA) is 104 Å². The molecular formula is C22H31N3O6S. The molecule has 0 saturated carbocycles. The van der Waals surface area contributed by atoms with Crippen molar-refractivity contribution in [2.75, 3.05) is 39.3 Å². The molecular weight excluding hydrogens is 434 g/mol. The maximum absolute atomic E-state index is 13.1. The van der Waals surface area contributed by atoms with Crippen LogP contribution in [0.5, 0.6) is 5.75 Å². The molecule has 3 heterocycles. The van der Waals surface area contributed by atoms with E-state index in [-0.39, 0.29) is 18.0 Å². The van der Waals surface area contributed by atoms with Gasteiger partial charge in [0.05, 0.1) is 12.2 Å². The summed E-state index contributed by atoms with van der Waals surface area (Å²) in [5.41, 5.74) is 1.50. The van der Waals surface area contributed by atoms with Crippen LogP contribution in [0.4, 0.5) is 0 Å². The van der Waals surface area contributed by atoms with Crippen molar-refractivity contribution in [2.45, 2.75) is 45.9 Å². The number of morpholine rings is 1. The first-order valence-electron chi connectivity index (χ1n) is 11.1. The lowest BCUT2D eigenvalue weighted by Gasteiger charge is -2.40. The van der Waals surface area contributed by atoms with Crippen molar-refractivity contribution in [3.05, 3.63) is 39.7 Å². The van der Waals surface area contributed by atoms with Crippen molar-refractivity contribution in [3.8, 4) is 5.75 Å². The first-order valence-corrected chi connectivity index (χ1v) is 12.5. The van der Waals surface area contributed by atoms with Crippen LogP contribution >= 0.6 is 0 Å². The summed E-state index contributed by atoms with van der Waals surface area (Å²) in [5, 5.41) is 10.9. The molecule has 1 N–H and O–H groups in total. The van der Waals surface area contributed by atoms with Gasteiger partial charge in [-0.25, -0.2) is 4.79 Å². The number of hydrogen-bond donors (Lipinski definition) is 1. The third-order valence-corrected chi connectivity index (χ3v) is 8.14. The van der Waals surface area contributed by atoms with Crippen molar-refractivity contribution in [1.82, 2.24) is 13.5 Å². The molecule has 0 radical (unpaired) electrons. The number of hydrogen-bond acceptors (Lipinski definition) is 7. The van der Waals surface area contributed by atoms with Gasteiger partial charge in [0.2, 0.25) is 0 Å². The molecule has 2 aliphatic rings. The van der Waals surface area contributed by atoms with Crippen molar-refractivity contribution in [1.29, 1.82) is 0 Å². The molecule has 32 heavy (non-hydrogen) atoms. The van der Waals surface area contributed by atoms with Gasteiger partial charge in [-0.1, -0.05) is 6.92 Å². The fourth-order valence-corrected chi connectivity index (χ4v) is 6.31. The van der Waals surface area contributed by atoms with E-state index in [0.717, 1.165) is 16.5 Å². The summed E-state index contributed by atoms with van der Waals surface area (Å²) in [4.78, 5) is 14.2. The van der Waals surface area contributed by atoms with Gasteiger partial charge in [0.25, 0.3) is 10.2 Å². The number of nitrogens with zero attached hydrogens (tertiary/aromatic N) is 3. The second-order valence-corrected chi connectivity index (χ2v) is 10.6. The second kappa shape index (κ2) is 9.11. The monoisotopic (exact) mass is 465 g/mol. The van der Waals surface area contributed by atoms with Crippen molar-refractivity contribution in [2.24, 2.45) is 0 Å². The molecule has 0 spiro atoms. The average Bonchev–Trinajstić information content (AvgIpc) is 2.73. The highest BCUT2D eigenvalue weighted by Gasteiger charge is 2.36. The Morgan fingerprint density at radius 1 is 1.00 bits per heavy atom. The van der Waals surface area contributed by atoms with Crippen LogP contribution in [-0.2, 0) is 27.9 Å². The summed E-state index contributed by atoms with van der Waals surface area (Å²) in [7, 11) is -3.54. The van der Waals surface area contributed by atoms with E-state index in [0.29, 0.717) is 57.8 Å². The molecule has 0 aliphatic carbocycles. The highest BCUT2D eigenvalue weighted by Crippen LogP contribution is 2.28. The lowest BCUT2D eigenvalue weighted by Crippen LogP contribution is -2.57. The van der Waals surface area contributed by atoms with Gasteiger partial charge in [0.1, 0.15) is 11.3 Å². The Balaban J connectivity index is 1.47. The number of piperazine rings is 1. The zero-order chi connectivity index (χ0) is 23.0. The molecule has 4 rings (SSSR count). The van der Waals surface area contributed by atoms with Gasteiger partial charge < -0.3 is 14.3 Å². The van der Waals surface area contributed by atoms with Gasteiger partial charge in [-0.3, -0.25) is 4.90 Å². The van der Waals surface area contributed by atoms with Crippen LogP contribution in [0, 0.1) is 0 Å². The number of aromatic hydroxyl groups is 1. The minimum atomic E-state index is -3.54. The van der Waals surface area contributed by atoms with Gasteiger partial charge in [0, 0.05) is 63.3 Å². The van der Waals surface area contributed by atoms with E-state index in [1.807, 2.05) is 26.8 Å². The maximum Gasteiger partial charge on any atom is 0.336 e. The van der Waals surface area contributed by atoms with Crippen LogP contribution in [0.25, 0.3) is 11.0 Å². The molecule has 0 bridgehead atoms. The maximum atomic E-state index is 13.1. The Morgan fingerprint density at radius 2 is 1.66 bits per heavy atom. The van der Waals surface area contributed by atoms with Crippen LogP contribution in [-0.4, -0.2) is 78.5 Å². The molecule has 176 valence electrons. The lowest BCUT2D eigenvalue weighted by molar-refractivity contribution is -0.0457. The van der Waals surface area contributed by atoms with E-state index in [1.54, 1.807) is 4.31 Å². The number of rotatable bonds is 5. The molecule has 2 atom stereocenters. The Kier molecular flexibility index (Phi) is 6.60. The lowest BCUT2D eigenvalue weighted by atomic mass is 10.0. The highest BCUT2D eigenvalue weighted by atomic mass is 32.2. The third kappa shape index (κ3) is 4.69. The Hall–Kier alpha value is -1.98. The number of phenolic OH excluding ortho intramolecular Hbond substituents is 1. The van der Waals surface area contributed by atoms with Crippen molar-refractivity contribution < 1.29 is 22.7 Å². The third-order valence-electron chi connectivity index (χ3n) is 6.17. The van der Waals surface area contributed by atoms with Gasteiger partial charge in [-0.15, -0.1) is 0 Å². The normalized spacial score (nSPS) is 24.2. The number of phenols is 1.